The quantitative estimate of drug-likeness (QED) is 0.530. The van der Waals surface area contributed by atoms with Crippen molar-refractivity contribution in [1.82, 2.24) is 19.2 Å². The van der Waals surface area contributed by atoms with Crippen LogP contribution in [0, 0.1) is 18.8 Å². The Morgan fingerprint density at radius 2 is 1.83 bits per heavy atom. The Kier molecular flexibility index (Phi) is 2.81. The number of hydrogen-bond acceptors (Lipinski definition) is 4. The first-order valence-corrected chi connectivity index (χ1v) is 7.35. The second-order valence-corrected chi connectivity index (χ2v) is 5.70. The van der Waals surface area contributed by atoms with Crippen molar-refractivity contribution in [3.8, 4) is 11.4 Å². The summed E-state index contributed by atoms with van der Waals surface area (Å²) < 4.78 is 3.38. The molecule has 2 heterocycles. The number of para-hydroxylation sites is 2. The predicted molar refractivity (Wildman–Crippen MR) is 90.1 cm³/mol. The molecule has 114 valence electrons. The minimum absolute atomic E-state index is 0.584. The SMILES string of the molecule is Cc1cc(-c2nc3ccccc3n2C)cc2c1nc(C)n2N=O. The van der Waals surface area contributed by atoms with E-state index in [0.29, 0.717) is 11.3 Å². The number of rotatable bonds is 2. The molecule has 0 unspecified atom stereocenters. The van der Waals surface area contributed by atoms with Gasteiger partial charge in [-0.15, -0.1) is 4.91 Å². The highest BCUT2D eigenvalue weighted by Gasteiger charge is 2.15. The number of aryl methyl sites for hydroxylation is 3. The molecule has 0 saturated carbocycles. The molecule has 2 aromatic heterocycles. The molecule has 0 radical (unpaired) electrons. The lowest BCUT2D eigenvalue weighted by atomic mass is 10.1. The summed E-state index contributed by atoms with van der Waals surface area (Å²) in [5.41, 5.74) is 5.46. The van der Waals surface area contributed by atoms with E-state index in [2.05, 4.69) is 14.8 Å². The summed E-state index contributed by atoms with van der Waals surface area (Å²) in [6, 6.07) is 12.0. The minimum Gasteiger partial charge on any atom is -0.327 e. The van der Waals surface area contributed by atoms with Crippen molar-refractivity contribution in [2.45, 2.75) is 13.8 Å². The largest absolute Gasteiger partial charge is 0.327 e. The zero-order valence-corrected chi connectivity index (χ0v) is 13.1. The van der Waals surface area contributed by atoms with Crippen LogP contribution in [0.4, 0.5) is 0 Å². The number of fused-ring (bicyclic) bond motifs is 2. The van der Waals surface area contributed by atoms with E-state index >= 15 is 0 Å². The Morgan fingerprint density at radius 3 is 2.57 bits per heavy atom. The van der Waals surface area contributed by atoms with E-state index in [9.17, 15) is 4.91 Å². The minimum atomic E-state index is 0.584. The van der Waals surface area contributed by atoms with Crippen LogP contribution in [0.15, 0.2) is 41.7 Å². The molecule has 23 heavy (non-hydrogen) atoms. The highest BCUT2D eigenvalue weighted by atomic mass is 16.3. The van der Waals surface area contributed by atoms with Crippen LogP contribution in [0.2, 0.25) is 0 Å². The van der Waals surface area contributed by atoms with E-state index in [1.54, 1.807) is 6.92 Å². The molecule has 4 aromatic rings. The van der Waals surface area contributed by atoms with E-state index in [4.69, 9.17) is 4.98 Å². The van der Waals surface area contributed by atoms with Gasteiger partial charge in [-0.3, -0.25) is 0 Å². The van der Waals surface area contributed by atoms with Gasteiger partial charge in [0.2, 0.25) is 0 Å². The molecule has 6 nitrogen and oxygen atoms in total. The standard InChI is InChI=1S/C17H15N5O/c1-10-8-12(9-15-16(10)18-11(2)22(15)20-23)17-19-13-6-4-5-7-14(13)21(17)3/h4-9H,1-3H3. The van der Waals surface area contributed by atoms with Gasteiger partial charge in [-0.1, -0.05) is 12.1 Å². The lowest BCUT2D eigenvalue weighted by molar-refractivity contribution is 0.844. The van der Waals surface area contributed by atoms with Gasteiger partial charge in [0.05, 0.1) is 27.4 Å². The van der Waals surface area contributed by atoms with Crippen molar-refractivity contribution >= 4 is 22.1 Å². The third kappa shape index (κ3) is 1.88. The Hall–Kier alpha value is -3.02. The van der Waals surface area contributed by atoms with Crippen molar-refractivity contribution in [2.75, 3.05) is 0 Å². The third-order valence-corrected chi connectivity index (χ3v) is 4.22. The molecule has 0 saturated heterocycles. The van der Waals surface area contributed by atoms with Gasteiger partial charge in [-0.05, 0) is 43.7 Å². The fourth-order valence-electron chi connectivity index (χ4n) is 3.09. The fourth-order valence-corrected chi connectivity index (χ4v) is 3.09. The van der Waals surface area contributed by atoms with Gasteiger partial charge in [-0.2, -0.15) is 4.68 Å². The van der Waals surface area contributed by atoms with Crippen molar-refractivity contribution in [3.05, 3.63) is 52.7 Å². The van der Waals surface area contributed by atoms with Crippen LogP contribution < -0.4 is 0 Å². The van der Waals surface area contributed by atoms with Crippen molar-refractivity contribution in [1.29, 1.82) is 0 Å². The van der Waals surface area contributed by atoms with E-state index < -0.39 is 0 Å². The normalized spacial score (nSPS) is 11.4. The molecule has 6 heteroatoms. The van der Waals surface area contributed by atoms with Gasteiger partial charge < -0.3 is 4.57 Å². The maximum atomic E-state index is 11.1. The van der Waals surface area contributed by atoms with Crippen LogP contribution in [-0.2, 0) is 7.05 Å². The molecule has 0 N–H and O–H groups in total. The molecule has 2 aromatic carbocycles. The highest BCUT2D eigenvalue weighted by molar-refractivity contribution is 5.87. The molecule has 0 aliphatic heterocycles. The zero-order chi connectivity index (χ0) is 16.1. The van der Waals surface area contributed by atoms with Crippen LogP contribution >= 0.6 is 0 Å². The highest BCUT2D eigenvalue weighted by Crippen LogP contribution is 2.29. The molecule has 0 bridgehead atoms. The van der Waals surface area contributed by atoms with Crippen LogP contribution in [0.3, 0.4) is 0 Å². The second kappa shape index (κ2) is 4.74. The van der Waals surface area contributed by atoms with Gasteiger partial charge in [-0.25, -0.2) is 9.97 Å². The predicted octanol–water partition coefficient (Wildman–Crippen LogP) is 3.74. The molecule has 0 atom stereocenters. The lowest BCUT2D eigenvalue weighted by Gasteiger charge is -2.05. The first-order chi connectivity index (χ1) is 11.1. The average Bonchev–Trinajstić information content (AvgIpc) is 3.05. The number of nitrogens with zero attached hydrogens (tertiary/aromatic N) is 5. The van der Waals surface area contributed by atoms with Gasteiger partial charge >= 0.3 is 0 Å². The second-order valence-electron chi connectivity index (χ2n) is 5.70. The van der Waals surface area contributed by atoms with Crippen molar-refractivity contribution in [3.63, 3.8) is 0 Å². The summed E-state index contributed by atoms with van der Waals surface area (Å²) in [4.78, 5) is 20.3. The van der Waals surface area contributed by atoms with E-state index in [1.165, 1.54) is 4.68 Å². The van der Waals surface area contributed by atoms with Crippen LogP contribution in [-0.4, -0.2) is 19.2 Å². The maximum Gasteiger partial charge on any atom is 0.140 e. The summed E-state index contributed by atoms with van der Waals surface area (Å²) >= 11 is 0. The Bertz CT molecular complexity index is 1070. The number of aromatic nitrogens is 4. The topological polar surface area (TPSA) is 65.1 Å². The summed E-state index contributed by atoms with van der Waals surface area (Å²) in [7, 11) is 1.99. The van der Waals surface area contributed by atoms with Gasteiger partial charge in [0.15, 0.2) is 0 Å². The van der Waals surface area contributed by atoms with E-state index in [0.717, 1.165) is 33.5 Å². The summed E-state index contributed by atoms with van der Waals surface area (Å²) in [5, 5.41) is 3.08. The fraction of sp³-hybridized carbons (Fsp3) is 0.176. The van der Waals surface area contributed by atoms with Gasteiger partial charge in [0.1, 0.15) is 11.6 Å². The van der Waals surface area contributed by atoms with Crippen molar-refractivity contribution < 1.29 is 0 Å². The molecular weight excluding hydrogens is 290 g/mol. The smallest absolute Gasteiger partial charge is 0.140 e. The molecule has 0 spiro atoms. The van der Waals surface area contributed by atoms with Crippen molar-refractivity contribution in [2.24, 2.45) is 12.3 Å². The first kappa shape index (κ1) is 13.6. The molecule has 0 aliphatic carbocycles. The van der Waals surface area contributed by atoms with E-state index in [-0.39, 0.29) is 0 Å². The monoisotopic (exact) mass is 305 g/mol. The third-order valence-electron chi connectivity index (χ3n) is 4.22. The summed E-state index contributed by atoms with van der Waals surface area (Å²) in [5.74, 6) is 1.44. The summed E-state index contributed by atoms with van der Waals surface area (Å²) in [6.45, 7) is 3.76. The number of imidazole rings is 2. The first-order valence-electron chi connectivity index (χ1n) is 7.35. The van der Waals surface area contributed by atoms with Gasteiger partial charge in [0.25, 0.3) is 0 Å². The zero-order valence-electron chi connectivity index (χ0n) is 13.1. The molecule has 0 aliphatic rings. The van der Waals surface area contributed by atoms with Crippen LogP contribution in [0.25, 0.3) is 33.5 Å². The molecule has 0 amide bonds. The molecule has 0 fully saturated rings. The Labute approximate surface area is 132 Å². The van der Waals surface area contributed by atoms with Crippen LogP contribution in [0.5, 0.6) is 0 Å². The lowest BCUT2D eigenvalue weighted by Crippen LogP contribution is -1.94. The van der Waals surface area contributed by atoms with E-state index in [1.807, 2.05) is 50.4 Å². The number of benzene rings is 2. The number of nitroso groups, excluding NO2 is 1. The molecular formula is C17H15N5O. The average molecular weight is 305 g/mol. The molecule has 4 rings (SSSR count). The Morgan fingerprint density at radius 1 is 1.04 bits per heavy atom. The number of hydrogen-bond donors (Lipinski definition) is 0. The Balaban J connectivity index is 2.04. The van der Waals surface area contributed by atoms with Gasteiger partial charge in [0, 0.05) is 12.6 Å². The summed E-state index contributed by atoms with van der Waals surface area (Å²) in [6.07, 6.45) is 0. The van der Waals surface area contributed by atoms with Crippen LogP contribution in [0.1, 0.15) is 11.4 Å². The maximum absolute atomic E-state index is 11.1.